The lowest BCUT2D eigenvalue weighted by Gasteiger charge is -2.35. The normalized spacial score (nSPS) is 17.0. The molecule has 5 rings (SSSR count). The van der Waals surface area contributed by atoms with Gasteiger partial charge in [0, 0.05) is 29.1 Å². The standard InChI is InChI=1S/C23H22F2N4O/c1-13(19-12-26-21-11-16(25)2-4-17(19)21)29-8-6-14(7-9-29)22-27-20-5-3-15(24)10-18(20)23(30)28-22/h2-5,10-14,26H,6-9H2,1H3,(H,27,28,30). The van der Waals surface area contributed by atoms with Crippen molar-refractivity contribution < 1.29 is 8.78 Å². The summed E-state index contributed by atoms with van der Waals surface area (Å²) in [5.74, 6) is 0.149. The zero-order chi connectivity index (χ0) is 20.8. The number of nitrogens with one attached hydrogen (secondary N) is 2. The first-order chi connectivity index (χ1) is 14.5. The van der Waals surface area contributed by atoms with Crippen LogP contribution in [0.15, 0.2) is 47.4 Å². The van der Waals surface area contributed by atoms with Gasteiger partial charge in [0.2, 0.25) is 0 Å². The molecule has 5 nitrogen and oxygen atoms in total. The summed E-state index contributed by atoms with van der Waals surface area (Å²) in [5, 5.41) is 1.32. The van der Waals surface area contributed by atoms with Crippen molar-refractivity contribution >= 4 is 21.8 Å². The second-order valence-electron chi connectivity index (χ2n) is 8.03. The van der Waals surface area contributed by atoms with Gasteiger partial charge in [0.05, 0.1) is 10.9 Å². The number of hydrogen-bond acceptors (Lipinski definition) is 3. The third-order valence-corrected chi connectivity index (χ3v) is 6.28. The van der Waals surface area contributed by atoms with Crippen molar-refractivity contribution in [1.29, 1.82) is 0 Å². The van der Waals surface area contributed by atoms with E-state index in [0.29, 0.717) is 11.3 Å². The first-order valence-corrected chi connectivity index (χ1v) is 10.2. The van der Waals surface area contributed by atoms with E-state index in [1.54, 1.807) is 6.07 Å². The SMILES string of the molecule is CC(c1c[nH]c2cc(F)ccc12)N1CCC(c2nc3ccc(F)cc3c(=O)[nH]2)CC1. The van der Waals surface area contributed by atoms with Crippen LogP contribution in [0, 0.1) is 11.6 Å². The minimum Gasteiger partial charge on any atom is -0.361 e. The maximum atomic E-state index is 13.5. The molecule has 154 valence electrons. The van der Waals surface area contributed by atoms with Crippen molar-refractivity contribution in [2.75, 3.05) is 13.1 Å². The first-order valence-electron chi connectivity index (χ1n) is 10.2. The molecule has 1 atom stereocenters. The molecule has 0 spiro atoms. The lowest BCUT2D eigenvalue weighted by atomic mass is 9.93. The molecular weight excluding hydrogens is 386 g/mol. The largest absolute Gasteiger partial charge is 0.361 e. The van der Waals surface area contributed by atoms with Crippen molar-refractivity contribution in [3.05, 3.63) is 76.0 Å². The van der Waals surface area contributed by atoms with Crippen molar-refractivity contribution in [2.24, 2.45) is 0 Å². The molecule has 0 aliphatic carbocycles. The number of H-pyrrole nitrogens is 2. The number of nitrogens with zero attached hydrogens (tertiary/aromatic N) is 2. The Morgan fingerprint density at radius 1 is 1.07 bits per heavy atom. The predicted octanol–water partition coefficient (Wildman–Crippen LogP) is 4.62. The summed E-state index contributed by atoms with van der Waals surface area (Å²) in [6.45, 7) is 3.90. The monoisotopic (exact) mass is 408 g/mol. The van der Waals surface area contributed by atoms with E-state index < -0.39 is 5.82 Å². The van der Waals surface area contributed by atoms with E-state index in [2.05, 4.69) is 26.8 Å². The highest BCUT2D eigenvalue weighted by molar-refractivity contribution is 5.83. The number of fused-ring (bicyclic) bond motifs is 2. The second-order valence-corrected chi connectivity index (χ2v) is 8.03. The fraction of sp³-hybridized carbons (Fsp3) is 0.304. The average Bonchev–Trinajstić information content (AvgIpc) is 3.16. The quantitative estimate of drug-likeness (QED) is 0.520. The minimum atomic E-state index is -0.440. The Kier molecular flexibility index (Phi) is 4.62. The van der Waals surface area contributed by atoms with E-state index in [4.69, 9.17) is 0 Å². The Morgan fingerprint density at radius 2 is 1.80 bits per heavy atom. The lowest BCUT2D eigenvalue weighted by Crippen LogP contribution is -2.35. The summed E-state index contributed by atoms with van der Waals surface area (Å²) in [7, 11) is 0. The Hall–Kier alpha value is -3.06. The molecular formula is C23H22F2N4O. The molecule has 3 heterocycles. The maximum Gasteiger partial charge on any atom is 0.258 e. The van der Waals surface area contributed by atoms with Gasteiger partial charge >= 0.3 is 0 Å². The Labute approximate surface area is 171 Å². The number of rotatable bonds is 3. The minimum absolute atomic E-state index is 0.160. The zero-order valence-electron chi connectivity index (χ0n) is 16.6. The topological polar surface area (TPSA) is 64.8 Å². The van der Waals surface area contributed by atoms with Gasteiger partial charge in [0.15, 0.2) is 0 Å². The fourth-order valence-electron chi connectivity index (χ4n) is 4.55. The van der Waals surface area contributed by atoms with Crippen LogP contribution in [0.5, 0.6) is 0 Å². The third-order valence-electron chi connectivity index (χ3n) is 6.28. The van der Waals surface area contributed by atoms with Gasteiger partial charge in [-0.1, -0.05) is 0 Å². The highest BCUT2D eigenvalue weighted by Crippen LogP contribution is 2.33. The number of piperidine rings is 1. The van der Waals surface area contributed by atoms with Crippen molar-refractivity contribution in [3.63, 3.8) is 0 Å². The number of benzene rings is 2. The number of likely N-dealkylation sites (tertiary alicyclic amines) is 1. The highest BCUT2D eigenvalue weighted by atomic mass is 19.1. The highest BCUT2D eigenvalue weighted by Gasteiger charge is 2.27. The molecule has 1 aliphatic heterocycles. The molecule has 4 aromatic rings. The van der Waals surface area contributed by atoms with E-state index in [1.807, 2.05) is 12.3 Å². The fourth-order valence-corrected chi connectivity index (χ4v) is 4.55. The van der Waals surface area contributed by atoms with Gasteiger partial charge in [0.25, 0.3) is 5.56 Å². The van der Waals surface area contributed by atoms with Crippen molar-refractivity contribution in [2.45, 2.75) is 31.7 Å². The molecule has 1 fully saturated rings. The van der Waals surface area contributed by atoms with Gasteiger partial charge in [-0.2, -0.15) is 0 Å². The van der Waals surface area contributed by atoms with Crippen LogP contribution in [-0.2, 0) is 0 Å². The second kappa shape index (κ2) is 7.32. The van der Waals surface area contributed by atoms with E-state index in [9.17, 15) is 13.6 Å². The Bertz CT molecular complexity index is 1290. The molecule has 2 aromatic carbocycles. The van der Waals surface area contributed by atoms with Crippen LogP contribution in [0.4, 0.5) is 8.78 Å². The zero-order valence-corrected chi connectivity index (χ0v) is 16.6. The molecule has 7 heteroatoms. The molecule has 2 N–H and O–H groups in total. The summed E-state index contributed by atoms with van der Waals surface area (Å²) in [5.41, 5.74) is 2.19. The molecule has 1 unspecified atom stereocenters. The van der Waals surface area contributed by atoms with E-state index in [-0.39, 0.29) is 28.7 Å². The van der Waals surface area contributed by atoms with Gasteiger partial charge in [-0.15, -0.1) is 0 Å². The third kappa shape index (κ3) is 3.29. The molecule has 1 aliphatic rings. The summed E-state index contributed by atoms with van der Waals surface area (Å²) in [4.78, 5) is 25.4. The molecule has 0 saturated carbocycles. The smallest absolute Gasteiger partial charge is 0.258 e. The first kappa shape index (κ1) is 18.9. The van der Waals surface area contributed by atoms with Crippen LogP contribution >= 0.6 is 0 Å². The van der Waals surface area contributed by atoms with E-state index in [0.717, 1.165) is 42.4 Å². The molecule has 0 bridgehead atoms. The van der Waals surface area contributed by atoms with Gasteiger partial charge in [-0.3, -0.25) is 9.69 Å². The molecule has 0 amide bonds. The predicted molar refractivity (Wildman–Crippen MR) is 113 cm³/mol. The molecule has 30 heavy (non-hydrogen) atoms. The van der Waals surface area contributed by atoms with Crippen LogP contribution < -0.4 is 5.56 Å². The molecule has 0 radical (unpaired) electrons. The number of halogens is 2. The molecule has 1 saturated heterocycles. The maximum absolute atomic E-state index is 13.5. The molecule has 2 aromatic heterocycles. The Morgan fingerprint density at radius 3 is 2.60 bits per heavy atom. The van der Waals surface area contributed by atoms with Crippen LogP contribution in [-0.4, -0.2) is 32.9 Å². The van der Waals surface area contributed by atoms with Crippen LogP contribution in [0.25, 0.3) is 21.8 Å². The number of aromatic nitrogens is 3. The van der Waals surface area contributed by atoms with Crippen LogP contribution in [0.1, 0.15) is 43.1 Å². The van der Waals surface area contributed by atoms with E-state index >= 15 is 0 Å². The van der Waals surface area contributed by atoms with Gasteiger partial charge < -0.3 is 9.97 Å². The van der Waals surface area contributed by atoms with Gasteiger partial charge in [-0.25, -0.2) is 13.8 Å². The number of hydrogen-bond donors (Lipinski definition) is 2. The van der Waals surface area contributed by atoms with Crippen LogP contribution in [0.2, 0.25) is 0 Å². The summed E-state index contributed by atoms with van der Waals surface area (Å²) >= 11 is 0. The van der Waals surface area contributed by atoms with Gasteiger partial charge in [-0.05, 0) is 74.8 Å². The summed E-state index contributed by atoms with van der Waals surface area (Å²) in [6, 6.07) is 9.14. The van der Waals surface area contributed by atoms with Crippen LogP contribution in [0.3, 0.4) is 0 Å². The van der Waals surface area contributed by atoms with Crippen molar-refractivity contribution in [1.82, 2.24) is 19.9 Å². The summed E-state index contributed by atoms with van der Waals surface area (Å²) in [6.07, 6.45) is 3.70. The average molecular weight is 408 g/mol. The van der Waals surface area contributed by atoms with Gasteiger partial charge in [0.1, 0.15) is 17.5 Å². The van der Waals surface area contributed by atoms with E-state index in [1.165, 1.54) is 24.3 Å². The Balaban J connectivity index is 1.34. The lowest BCUT2D eigenvalue weighted by molar-refractivity contribution is 0.161. The number of aromatic amines is 2. The van der Waals surface area contributed by atoms with Crippen molar-refractivity contribution in [3.8, 4) is 0 Å². The summed E-state index contributed by atoms with van der Waals surface area (Å²) < 4.78 is 26.9.